The SMILES string of the molecule is CCCCn1nc(C)c(C(=O)NCc2nncn2-c2ccccc2)c1Cl. The molecule has 0 bridgehead atoms. The van der Waals surface area contributed by atoms with Gasteiger partial charge in [0, 0.05) is 12.2 Å². The van der Waals surface area contributed by atoms with Crippen molar-refractivity contribution in [2.75, 3.05) is 0 Å². The van der Waals surface area contributed by atoms with Crippen LogP contribution in [0.1, 0.15) is 41.6 Å². The third-order valence-corrected chi connectivity index (χ3v) is 4.46. The van der Waals surface area contributed by atoms with E-state index in [4.69, 9.17) is 11.6 Å². The molecule has 0 saturated heterocycles. The number of aryl methyl sites for hydroxylation is 2. The van der Waals surface area contributed by atoms with Crippen molar-refractivity contribution in [1.29, 1.82) is 0 Å². The molecule has 0 aliphatic heterocycles. The van der Waals surface area contributed by atoms with Gasteiger partial charge in [0.15, 0.2) is 5.82 Å². The minimum Gasteiger partial charge on any atom is -0.345 e. The molecule has 2 aromatic heterocycles. The van der Waals surface area contributed by atoms with Crippen LogP contribution < -0.4 is 5.32 Å². The summed E-state index contributed by atoms with van der Waals surface area (Å²) in [6, 6.07) is 9.72. The zero-order valence-corrected chi connectivity index (χ0v) is 15.6. The number of nitrogens with one attached hydrogen (secondary N) is 1. The normalized spacial score (nSPS) is 10.9. The second-order valence-electron chi connectivity index (χ2n) is 5.96. The summed E-state index contributed by atoms with van der Waals surface area (Å²) in [5.41, 5.74) is 1.96. The molecule has 0 fully saturated rings. The van der Waals surface area contributed by atoms with E-state index in [1.54, 1.807) is 17.9 Å². The molecule has 0 radical (unpaired) electrons. The van der Waals surface area contributed by atoms with Gasteiger partial charge in [0.05, 0.1) is 17.8 Å². The van der Waals surface area contributed by atoms with Crippen LogP contribution in [0.3, 0.4) is 0 Å². The fraction of sp³-hybridized carbons (Fsp3) is 0.333. The Morgan fingerprint density at radius 1 is 1.27 bits per heavy atom. The van der Waals surface area contributed by atoms with E-state index in [1.807, 2.05) is 34.9 Å². The monoisotopic (exact) mass is 372 g/mol. The number of rotatable bonds is 7. The largest absolute Gasteiger partial charge is 0.345 e. The van der Waals surface area contributed by atoms with Gasteiger partial charge in [0.1, 0.15) is 11.5 Å². The van der Waals surface area contributed by atoms with E-state index in [0.717, 1.165) is 18.5 Å². The second kappa shape index (κ2) is 8.14. The number of carbonyl (C=O) groups is 1. The lowest BCUT2D eigenvalue weighted by atomic mass is 10.2. The van der Waals surface area contributed by atoms with Crippen LogP contribution in [0.15, 0.2) is 36.7 Å². The molecule has 0 aliphatic rings. The fourth-order valence-electron chi connectivity index (χ4n) is 2.70. The summed E-state index contributed by atoms with van der Waals surface area (Å²) in [6.07, 6.45) is 3.62. The van der Waals surface area contributed by atoms with Gasteiger partial charge in [-0.25, -0.2) is 0 Å². The predicted octanol–water partition coefficient (Wildman–Crippen LogP) is 3.16. The summed E-state index contributed by atoms with van der Waals surface area (Å²) in [5, 5.41) is 15.6. The van der Waals surface area contributed by atoms with Gasteiger partial charge in [-0.3, -0.25) is 14.0 Å². The molecule has 3 aromatic rings. The quantitative estimate of drug-likeness (QED) is 0.691. The smallest absolute Gasteiger partial charge is 0.256 e. The molecular weight excluding hydrogens is 352 g/mol. The number of carbonyl (C=O) groups excluding carboxylic acids is 1. The molecule has 0 unspecified atom stereocenters. The number of aromatic nitrogens is 5. The van der Waals surface area contributed by atoms with Gasteiger partial charge < -0.3 is 5.32 Å². The summed E-state index contributed by atoms with van der Waals surface area (Å²) in [7, 11) is 0. The van der Waals surface area contributed by atoms with Crippen molar-refractivity contribution in [3.8, 4) is 5.69 Å². The van der Waals surface area contributed by atoms with Gasteiger partial charge in [0.2, 0.25) is 0 Å². The van der Waals surface area contributed by atoms with Crippen molar-refractivity contribution < 1.29 is 4.79 Å². The summed E-state index contributed by atoms with van der Waals surface area (Å²) >= 11 is 6.35. The number of benzene rings is 1. The zero-order chi connectivity index (χ0) is 18.5. The van der Waals surface area contributed by atoms with E-state index in [9.17, 15) is 4.79 Å². The van der Waals surface area contributed by atoms with Crippen molar-refractivity contribution >= 4 is 17.5 Å². The molecule has 8 heteroatoms. The molecule has 0 spiro atoms. The molecule has 136 valence electrons. The van der Waals surface area contributed by atoms with Crippen molar-refractivity contribution in [2.45, 2.75) is 39.8 Å². The van der Waals surface area contributed by atoms with Gasteiger partial charge in [-0.2, -0.15) is 5.10 Å². The van der Waals surface area contributed by atoms with Gasteiger partial charge in [0.25, 0.3) is 5.91 Å². The maximum atomic E-state index is 12.6. The van der Waals surface area contributed by atoms with Crippen molar-refractivity contribution in [3.63, 3.8) is 0 Å². The number of amides is 1. The number of para-hydroxylation sites is 1. The van der Waals surface area contributed by atoms with Crippen molar-refractivity contribution in [2.24, 2.45) is 0 Å². The van der Waals surface area contributed by atoms with Crippen LogP contribution in [0, 0.1) is 6.92 Å². The van der Waals surface area contributed by atoms with Crippen LogP contribution in [0.25, 0.3) is 5.69 Å². The Labute approximate surface area is 157 Å². The minimum atomic E-state index is -0.266. The first kappa shape index (κ1) is 18.1. The number of hydrogen-bond acceptors (Lipinski definition) is 4. The van der Waals surface area contributed by atoms with Crippen LogP contribution in [-0.2, 0) is 13.1 Å². The molecule has 3 rings (SSSR count). The van der Waals surface area contributed by atoms with Crippen LogP contribution in [0.5, 0.6) is 0 Å². The Hall–Kier alpha value is -2.67. The maximum Gasteiger partial charge on any atom is 0.256 e. The lowest BCUT2D eigenvalue weighted by Gasteiger charge is -2.08. The highest BCUT2D eigenvalue weighted by Gasteiger charge is 2.20. The Kier molecular flexibility index (Phi) is 5.68. The molecule has 1 aromatic carbocycles. The Morgan fingerprint density at radius 3 is 2.77 bits per heavy atom. The third-order valence-electron chi connectivity index (χ3n) is 4.08. The van der Waals surface area contributed by atoms with Crippen molar-refractivity contribution in [3.05, 3.63) is 58.9 Å². The molecule has 0 aliphatic carbocycles. The zero-order valence-electron chi connectivity index (χ0n) is 14.8. The number of unbranched alkanes of at least 4 members (excludes halogenated alkanes) is 1. The van der Waals surface area contributed by atoms with E-state index >= 15 is 0 Å². The van der Waals surface area contributed by atoms with E-state index in [2.05, 4.69) is 27.5 Å². The van der Waals surface area contributed by atoms with E-state index < -0.39 is 0 Å². The van der Waals surface area contributed by atoms with Gasteiger partial charge in [-0.1, -0.05) is 43.1 Å². The second-order valence-corrected chi connectivity index (χ2v) is 6.32. The van der Waals surface area contributed by atoms with Crippen LogP contribution in [0.4, 0.5) is 0 Å². The Balaban J connectivity index is 1.73. The van der Waals surface area contributed by atoms with E-state index in [-0.39, 0.29) is 12.5 Å². The lowest BCUT2D eigenvalue weighted by Crippen LogP contribution is -2.25. The minimum absolute atomic E-state index is 0.240. The van der Waals surface area contributed by atoms with Crippen LogP contribution >= 0.6 is 11.6 Å². The molecular formula is C18H21ClN6O. The van der Waals surface area contributed by atoms with Crippen LogP contribution in [0.2, 0.25) is 5.15 Å². The fourth-order valence-corrected chi connectivity index (χ4v) is 3.04. The molecule has 26 heavy (non-hydrogen) atoms. The first-order valence-electron chi connectivity index (χ1n) is 8.57. The Bertz CT molecular complexity index is 886. The molecule has 1 N–H and O–H groups in total. The number of halogens is 1. The third kappa shape index (κ3) is 3.77. The topological polar surface area (TPSA) is 77.6 Å². The summed E-state index contributed by atoms with van der Waals surface area (Å²) < 4.78 is 3.52. The van der Waals surface area contributed by atoms with E-state index in [0.29, 0.717) is 28.8 Å². The first-order chi connectivity index (χ1) is 12.6. The molecule has 0 atom stereocenters. The summed E-state index contributed by atoms with van der Waals surface area (Å²) in [4.78, 5) is 12.6. The highest BCUT2D eigenvalue weighted by atomic mass is 35.5. The lowest BCUT2D eigenvalue weighted by molar-refractivity contribution is 0.0949. The van der Waals surface area contributed by atoms with Gasteiger partial charge in [-0.05, 0) is 25.5 Å². The highest BCUT2D eigenvalue weighted by Crippen LogP contribution is 2.20. The maximum absolute atomic E-state index is 12.6. The average Bonchev–Trinajstić information content (AvgIpc) is 3.23. The molecule has 2 heterocycles. The van der Waals surface area contributed by atoms with Gasteiger partial charge >= 0.3 is 0 Å². The summed E-state index contributed by atoms with van der Waals surface area (Å²) in [5.74, 6) is 0.370. The molecule has 7 nitrogen and oxygen atoms in total. The summed E-state index contributed by atoms with van der Waals surface area (Å²) in [6.45, 7) is 4.83. The van der Waals surface area contributed by atoms with Crippen LogP contribution in [-0.4, -0.2) is 30.5 Å². The highest BCUT2D eigenvalue weighted by molar-refractivity contribution is 6.33. The Morgan fingerprint density at radius 2 is 2.04 bits per heavy atom. The van der Waals surface area contributed by atoms with E-state index in [1.165, 1.54) is 0 Å². The standard InChI is InChI=1S/C18H21ClN6O/c1-3-4-10-25-17(19)16(13(2)23-25)18(26)20-11-15-22-21-12-24(15)14-8-6-5-7-9-14/h5-9,12H,3-4,10-11H2,1-2H3,(H,20,26). The van der Waals surface area contributed by atoms with Gasteiger partial charge in [-0.15, -0.1) is 10.2 Å². The molecule has 0 saturated carbocycles. The number of hydrogen-bond donors (Lipinski definition) is 1. The predicted molar refractivity (Wildman–Crippen MR) is 99.4 cm³/mol. The van der Waals surface area contributed by atoms with Crippen molar-refractivity contribution in [1.82, 2.24) is 29.9 Å². The average molecular weight is 373 g/mol. The molecule has 1 amide bonds. The first-order valence-corrected chi connectivity index (χ1v) is 8.95. The number of nitrogens with zero attached hydrogens (tertiary/aromatic N) is 5.